The zero-order chi connectivity index (χ0) is 20.4. The Balaban J connectivity index is 1.49. The third kappa shape index (κ3) is 4.19. The van der Waals surface area contributed by atoms with Gasteiger partial charge in [0.15, 0.2) is 23.3 Å². The van der Waals surface area contributed by atoms with E-state index in [1.807, 2.05) is 0 Å². The molecule has 0 unspecified atom stereocenters. The van der Waals surface area contributed by atoms with Crippen LogP contribution in [0.3, 0.4) is 0 Å². The number of nitrogens with zero attached hydrogens (tertiary/aromatic N) is 2. The van der Waals surface area contributed by atoms with Gasteiger partial charge in [0.2, 0.25) is 0 Å². The second-order valence-corrected chi connectivity index (χ2v) is 7.80. The zero-order valence-electron chi connectivity index (χ0n) is 16.3. The Morgan fingerprint density at radius 3 is 1.93 bits per heavy atom. The Hall–Kier alpha value is -2.69. The van der Waals surface area contributed by atoms with Gasteiger partial charge in [0.1, 0.15) is 0 Å². The first kappa shape index (κ1) is 19.6. The molecule has 1 aromatic heterocycles. The van der Waals surface area contributed by atoms with Crippen molar-refractivity contribution in [3.05, 3.63) is 71.8 Å². The highest BCUT2D eigenvalue weighted by molar-refractivity contribution is 5.64. The Morgan fingerprint density at radius 1 is 0.793 bits per heavy atom. The molecule has 1 saturated carbocycles. The van der Waals surface area contributed by atoms with Crippen LogP contribution in [0.1, 0.15) is 50.5 Å². The van der Waals surface area contributed by atoms with E-state index < -0.39 is 17.5 Å². The summed E-state index contributed by atoms with van der Waals surface area (Å²) in [6.45, 7) is 2.27. The summed E-state index contributed by atoms with van der Waals surface area (Å²) in [6, 6.07) is 10.3. The van der Waals surface area contributed by atoms with Crippen LogP contribution in [0.25, 0.3) is 22.5 Å². The topological polar surface area (TPSA) is 25.8 Å². The van der Waals surface area contributed by atoms with E-state index >= 15 is 0 Å². The van der Waals surface area contributed by atoms with Crippen molar-refractivity contribution in [1.82, 2.24) is 9.97 Å². The molecule has 1 heterocycles. The number of hydrogen-bond donors (Lipinski definition) is 0. The van der Waals surface area contributed by atoms with Crippen LogP contribution in [-0.2, 0) is 0 Å². The van der Waals surface area contributed by atoms with Crippen LogP contribution in [0.2, 0.25) is 0 Å². The van der Waals surface area contributed by atoms with Crippen molar-refractivity contribution in [2.24, 2.45) is 5.92 Å². The molecule has 0 radical (unpaired) electrons. The second kappa shape index (κ2) is 8.36. The van der Waals surface area contributed by atoms with E-state index in [1.165, 1.54) is 37.7 Å². The van der Waals surface area contributed by atoms with Gasteiger partial charge in [0.05, 0.1) is 0 Å². The van der Waals surface area contributed by atoms with Crippen LogP contribution in [0.5, 0.6) is 0 Å². The van der Waals surface area contributed by atoms with Crippen molar-refractivity contribution in [3.63, 3.8) is 0 Å². The largest absolute Gasteiger partial charge is 0.236 e. The van der Waals surface area contributed by atoms with Crippen LogP contribution in [0, 0.1) is 23.4 Å². The van der Waals surface area contributed by atoms with Gasteiger partial charge >= 0.3 is 0 Å². The summed E-state index contributed by atoms with van der Waals surface area (Å²) in [5, 5.41) is 0. The predicted molar refractivity (Wildman–Crippen MR) is 108 cm³/mol. The smallest absolute Gasteiger partial charge is 0.194 e. The maximum absolute atomic E-state index is 13.4. The predicted octanol–water partition coefficient (Wildman–Crippen LogP) is 6.91. The lowest BCUT2D eigenvalue weighted by Crippen LogP contribution is -2.12. The minimum atomic E-state index is -1.49. The monoisotopic (exact) mass is 396 g/mol. The van der Waals surface area contributed by atoms with Gasteiger partial charge in [-0.2, -0.15) is 0 Å². The Labute approximate surface area is 168 Å². The van der Waals surface area contributed by atoms with Gasteiger partial charge in [-0.3, -0.25) is 0 Å². The van der Waals surface area contributed by atoms with E-state index in [-0.39, 0.29) is 11.4 Å². The summed E-state index contributed by atoms with van der Waals surface area (Å²) >= 11 is 0. The molecular weight excluding hydrogens is 373 g/mol. The summed E-state index contributed by atoms with van der Waals surface area (Å²) < 4.78 is 40.0. The minimum absolute atomic E-state index is 0.103. The van der Waals surface area contributed by atoms with Crippen molar-refractivity contribution in [1.29, 1.82) is 0 Å². The third-order valence-electron chi connectivity index (χ3n) is 6.03. The van der Waals surface area contributed by atoms with Gasteiger partial charge in [-0.05, 0) is 60.8 Å². The first-order valence-corrected chi connectivity index (χ1v) is 10.1. The lowest BCUT2D eigenvalue weighted by Gasteiger charge is -2.28. The quantitative estimate of drug-likeness (QED) is 0.448. The Morgan fingerprint density at radius 2 is 1.38 bits per heavy atom. The molecule has 4 rings (SSSR count). The molecule has 1 aliphatic carbocycles. The minimum Gasteiger partial charge on any atom is -0.236 e. The molecule has 5 heteroatoms. The summed E-state index contributed by atoms with van der Waals surface area (Å²) in [5.74, 6) is -2.34. The van der Waals surface area contributed by atoms with Crippen molar-refractivity contribution in [2.75, 3.05) is 0 Å². The molecule has 0 bridgehead atoms. The molecule has 2 nitrogen and oxygen atoms in total. The third-order valence-corrected chi connectivity index (χ3v) is 6.03. The van der Waals surface area contributed by atoms with Gasteiger partial charge in [0, 0.05) is 23.5 Å². The standard InChI is InChI=1S/C24H23F3N2/c1-2-15-3-5-16(6-4-15)17-7-9-18(10-8-17)20-13-28-24(29-14-20)19-11-21(25)23(27)22(26)12-19/h7-16H,2-6H2,1H3. The number of benzene rings is 2. The van der Waals surface area contributed by atoms with Crippen LogP contribution in [0.15, 0.2) is 48.8 Å². The van der Waals surface area contributed by atoms with Crippen molar-refractivity contribution in [3.8, 4) is 22.5 Å². The van der Waals surface area contributed by atoms with Crippen molar-refractivity contribution >= 4 is 0 Å². The molecule has 1 aliphatic rings. The van der Waals surface area contributed by atoms with E-state index in [4.69, 9.17) is 0 Å². The second-order valence-electron chi connectivity index (χ2n) is 7.80. The lowest BCUT2D eigenvalue weighted by atomic mass is 9.78. The van der Waals surface area contributed by atoms with Crippen molar-refractivity contribution < 1.29 is 13.2 Å². The molecule has 0 saturated heterocycles. The van der Waals surface area contributed by atoms with Gasteiger partial charge < -0.3 is 0 Å². The van der Waals surface area contributed by atoms with E-state index in [0.717, 1.165) is 29.2 Å². The van der Waals surface area contributed by atoms with Crippen LogP contribution in [0.4, 0.5) is 13.2 Å². The summed E-state index contributed by atoms with van der Waals surface area (Å²) in [5.41, 5.74) is 3.28. The Bertz CT molecular complexity index is 953. The van der Waals surface area contributed by atoms with E-state index in [0.29, 0.717) is 5.92 Å². The number of rotatable bonds is 4. The van der Waals surface area contributed by atoms with Crippen LogP contribution >= 0.6 is 0 Å². The average Bonchev–Trinajstić information content (AvgIpc) is 2.77. The lowest BCUT2D eigenvalue weighted by molar-refractivity contribution is 0.319. The van der Waals surface area contributed by atoms with Gasteiger partial charge in [-0.25, -0.2) is 23.1 Å². The molecule has 29 heavy (non-hydrogen) atoms. The summed E-state index contributed by atoms with van der Waals surface area (Å²) in [4.78, 5) is 8.40. The van der Waals surface area contributed by atoms with E-state index in [9.17, 15) is 13.2 Å². The normalized spacial score (nSPS) is 19.3. The molecule has 0 atom stereocenters. The first-order chi connectivity index (χ1) is 14.0. The molecule has 3 aromatic rings. The van der Waals surface area contributed by atoms with Crippen LogP contribution < -0.4 is 0 Å². The molecule has 0 amide bonds. The maximum Gasteiger partial charge on any atom is 0.194 e. The average molecular weight is 396 g/mol. The number of halogens is 3. The van der Waals surface area contributed by atoms with Crippen LogP contribution in [-0.4, -0.2) is 9.97 Å². The molecule has 0 aliphatic heterocycles. The fraction of sp³-hybridized carbons (Fsp3) is 0.333. The molecule has 2 aromatic carbocycles. The molecule has 0 spiro atoms. The fourth-order valence-corrected chi connectivity index (χ4v) is 4.16. The molecule has 0 N–H and O–H groups in total. The number of aromatic nitrogens is 2. The SMILES string of the molecule is CCC1CCC(c2ccc(-c3cnc(-c4cc(F)c(F)c(F)c4)nc3)cc2)CC1. The molecular formula is C24H23F3N2. The zero-order valence-corrected chi connectivity index (χ0v) is 16.3. The van der Waals surface area contributed by atoms with E-state index in [2.05, 4.69) is 41.2 Å². The van der Waals surface area contributed by atoms with Gasteiger partial charge in [0.25, 0.3) is 0 Å². The molecule has 150 valence electrons. The van der Waals surface area contributed by atoms with Gasteiger partial charge in [-0.15, -0.1) is 0 Å². The summed E-state index contributed by atoms with van der Waals surface area (Å²) in [7, 11) is 0. The van der Waals surface area contributed by atoms with E-state index in [1.54, 1.807) is 12.4 Å². The first-order valence-electron chi connectivity index (χ1n) is 10.1. The molecule has 1 fully saturated rings. The number of hydrogen-bond acceptors (Lipinski definition) is 2. The maximum atomic E-state index is 13.4. The highest BCUT2D eigenvalue weighted by Crippen LogP contribution is 2.37. The van der Waals surface area contributed by atoms with Crippen molar-refractivity contribution in [2.45, 2.75) is 44.9 Å². The fourth-order valence-electron chi connectivity index (χ4n) is 4.16. The Kier molecular flexibility index (Phi) is 5.65. The van der Waals surface area contributed by atoms with Gasteiger partial charge in [-0.1, -0.05) is 37.6 Å². The highest BCUT2D eigenvalue weighted by Gasteiger charge is 2.21. The highest BCUT2D eigenvalue weighted by atomic mass is 19.2. The summed E-state index contributed by atoms with van der Waals surface area (Å²) in [6.07, 6.45) is 9.62.